The molecule has 2 rings (SSSR count). The lowest BCUT2D eigenvalue weighted by molar-refractivity contribution is 1.01. The molecule has 0 bridgehead atoms. The third kappa shape index (κ3) is 1.30. The molecular weight excluding hydrogens is 150 g/mol. The number of allylic oxidation sites excluding steroid dienone is 1. The number of aromatic nitrogens is 2. The number of nitrogens with one attached hydrogen (secondary N) is 1. The van der Waals surface area contributed by atoms with Crippen LogP contribution in [0.2, 0.25) is 0 Å². The van der Waals surface area contributed by atoms with Crippen molar-refractivity contribution in [1.29, 1.82) is 0 Å². The van der Waals surface area contributed by atoms with Crippen LogP contribution in [-0.4, -0.2) is 15.9 Å². The molecule has 62 valence electrons. The van der Waals surface area contributed by atoms with E-state index in [1.807, 2.05) is 19.2 Å². The van der Waals surface area contributed by atoms with Crippen molar-refractivity contribution in [3.8, 4) is 0 Å². The summed E-state index contributed by atoms with van der Waals surface area (Å²) in [5.74, 6) is 0. The van der Waals surface area contributed by atoms with E-state index in [4.69, 9.17) is 0 Å². The summed E-state index contributed by atoms with van der Waals surface area (Å²) in [6.45, 7) is 2.00. The average Bonchev–Trinajstić information content (AvgIpc) is 2.54. The number of aryl methyl sites for hydroxylation is 1. The Balaban J connectivity index is 2.30. The molecule has 3 nitrogen and oxygen atoms in total. The second-order valence-corrected chi connectivity index (χ2v) is 2.94. The fraction of sp³-hybridized carbons (Fsp3) is 0.333. The smallest absolute Gasteiger partial charge is 0.107 e. The van der Waals surface area contributed by atoms with E-state index in [0.29, 0.717) is 0 Å². The Morgan fingerprint density at radius 3 is 3.00 bits per heavy atom. The second kappa shape index (κ2) is 2.93. The van der Waals surface area contributed by atoms with Crippen LogP contribution in [0, 0.1) is 6.92 Å². The summed E-state index contributed by atoms with van der Waals surface area (Å²) in [5, 5.41) is 7.06. The fourth-order valence-corrected chi connectivity index (χ4v) is 1.26. The van der Waals surface area contributed by atoms with Crippen molar-refractivity contribution in [1.82, 2.24) is 10.2 Å². The first kappa shape index (κ1) is 7.28. The molecule has 0 spiro atoms. The number of aromatic amines is 1. The molecule has 0 fully saturated rings. The molecule has 1 N–H and O–H groups in total. The first-order valence-corrected chi connectivity index (χ1v) is 4.10. The Morgan fingerprint density at radius 2 is 2.42 bits per heavy atom. The number of rotatable bonds is 1. The number of nitrogens with zero attached hydrogens (tertiary/aromatic N) is 2. The van der Waals surface area contributed by atoms with E-state index >= 15 is 0 Å². The van der Waals surface area contributed by atoms with Gasteiger partial charge < -0.3 is 0 Å². The highest BCUT2D eigenvalue weighted by Crippen LogP contribution is 2.09. The molecular formula is C9H11N3. The minimum atomic E-state index is 0.983. The van der Waals surface area contributed by atoms with E-state index in [2.05, 4.69) is 21.3 Å². The van der Waals surface area contributed by atoms with E-state index in [9.17, 15) is 0 Å². The Hall–Kier alpha value is -1.38. The third-order valence-corrected chi connectivity index (χ3v) is 1.89. The van der Waals surface area contributed by atoms with Gasteiger partial charge >= 0.3 is 0 Å². The van der Waals surface area contributed by atoms with Gasteiger partial charge in [-0.1, -0.05) is 6.08 Å². The zero-order valence-corrected chi connectivity index (χ0v) is 7.04. The van der Waals surface area contributed by atoms with Gasteiger partial charge in [0, 0.05) is 11.9 Å². The molecule has 0 aromatic carbocycles. The molecule has 1 aromatic heterocycles. The maximum atomic E-state index is 4.27. The molecule has 0 amide bonds. The van der Waals surface area contributed by atoms with Gasteiger partial charge in [-0.3, -0.25) is 10.1 Å². The van der Waals surface area contributed by atoms with Crippen molar-refractivity contribution >= 4 is 5.71 Å². The van der Waals surface area contributed by atoms with Crippen LogP contribution in [0.4, 0.5) is 0 Å². The molecule has 2 heterocycles. The van der Waals surface area contributed by atoms with Gasteiger partial charge in [0.15, 0.2) is 0 Å². The molecule has 0 radical (unpaired) electrons. The predicted octanol–water partition coefficient (Wildman–Crippen LogP) is 1.81. The van der Waals surface area contributed by atoms with Crippen molar-refractivity contribution in [2.24, 2.45) is 4.99 Å². The first-order chi connectivity index (χ1) is 5.86. The van der Waals surface area contributed by atoms with E-state index in [-0.39, 0.29) is 0 Å². The highest BCUT2D eigenvalue weighted by molar-refractivity contribution is 5.99. The van der Waals surface area contributed by atoms with Crippen LogP contribution in [0.3, 0.4) is 0 Å². The van der Waals surface area contributed by atoms with E-state index in [0.717, 1.165) is 29.9 Å². The van der Waals surface area contributed by atoms with Crippen LogP contribution in [-0.2, 0) is 0 Å². The molecule has 0 unspecified atom stereocenters. The van der Waals surface area contributed by atoms with Crippen molar-refractivity contribution in [3.63, 3.8) is 0 Å². The molecule has 12 heavy (non-hydrogen) atoms. The van der Waals surface area contributed by atoms with E-state index in [1.54, 1.807) is 0 Å². The van der Waals surface area contributed by atoms with Crippen LogP contribution in [0.15, 0.2) is 23.3 Å². The predicted molar refractivity (Wildman–Crippen MR) is 48.2 cm³/mol. The monoisotopic (exact) mass is 161 g/mol. The molecule has 0 atom stereocenters. The second-order valence-electron chi connectivity index (χ2n) is 2.94. The Bertz CT molecular complexity index is 333. The Kier molecular flexibility index (Phi) is 1.78. The van der Waals surface area contributed by atoms with Gasteiger partial charge in [-0.15, -0.1) is 0 Å². The maximum absolute atomic E-state index is 4.27. The highest BCUT2D eigenvalue weighted by Gasteiger charge is 2.07. The maximum Gasteiger partial charge on any atom is 0.107 e. The van der Waals surface area contributed by atoms with Crippen molar-refractivity contribution in [2.75, 3.05) is 0 Å². The van der Waals surface area contributed by atoms with Gasteiger partial charge in [-0.2, -0.15) is 5.10 Å². The molecule has 1 aromatic rings. The zero-order valence-electron chi connectivity index (χ0n) is 7.04. The topological polar surface area (TPSA) is 41.0 Å². The summed E-state index contributed by atoms with van der Waals surface area (Å²) in [6, 6.07) is 2.03. The quantitative estimate of drug-likeness (QED) is 0.670. The summed E-state index contributed by atoms with van der Waals surface area (Å²) in [4.78, 5) is 4.27. The SMILES string of the molecule is Cc1cc(C2=NC=CCC2)n[nH]1. The molecule has 0 saturated carbocycles. The average molecular weight is 161 g/mol. The van der Waals surface area contributed by atoms with Gasteiger partial charge in [0.05, 0.1) is 5.71 Å². The molecule has 1 aliphatic heterocycles. The van der Waals surface area contributed by atoms with Crippen LogP contribution < -0.4 is 0 Å². The normalized spacial score (nSPS) is 16.2. The summed E-state index contributed by atoms with van der Waals surface area (Å²) >= 11 is 0. The highest BCUT2D eigenvalue weighted by atomic mass is 15.1. The molecule has 3 heteroatoms. The van der Waals surface area contributed by atoms with Crippen molar-refractivity contribution in [3.05, 3.63) is 29.7 Å². The fourth-order valence-electron chi connectivity index (χ4n) is 1.26. The van der Waals surface area contributed by atoms with Crippen LogP contribution in [0.25, 0.3) is 0 Å². The molecule has 0 aliphatic carbocycles. The van der Waals surface area contributed by atoms with Gasteiger partial charge in [0.25, 0.3) is 0 Å². The summed E-state index contributed by atoms with van der Waals surface area (Å²) in [5.41, 5.74) is 3.15. The lowest BCUT2D eigenvalue weighted by Crippen LogP contribution is -2.02. The van der Waals surface area contributed by atoms with Gasteiger partial charge in [-0.25, -0.2) is 0 Å². The van der Waals surface area contributed by atoms with E-state index in [1.165, 1.54) is 0 Å². The van der Waals surface area contributed by atoms with Gasteiger partial charge in [0.2, 0.25) is 0 Å². The summed E-state index contributed by atoms with van der Waals surface area (Å²) in [7, 11) is 0. The van der Waals surface area contributed by atoms with Crippen molar-refractivity contribution in [2.45, 2.75) is 19.8 Å². The lowest BCUT2D eigenvalue weighted by Gasteiger charge is -2.02. The standard InChI is InChI=1S/C9H11N3/c1-7-6-9(12-11-7)8-4-2-3-5-10-8/h3,5-6H,2,4H2,1H3,(H,11,12). The largest absolute Gasteiger partial charge is 0.282 e. The summed E-state index contributed by atoms with van der Waals surface area (Å²) in [6.07, 6.45) is 6.00. The third-order valence-electron chi connectivity index (χ3n) is 1.89. The molecule has 0 saturated heterocycles. The number of hydrogen-bond acceptors (Lipinski definition) is 2. The zero-order chi connectivity index (χ0) is 8.39. The van der Waals surface area contributed by atoms with Crippen molar-refractivity contribution < 1.29 is 0 Å². The first-order valence-electron chi connectivity index (χ1n) is 4.10. The number of hydrogen-bond donors (Lipinski definition) is 1. The minimum Gasteiger partial charge on any atom is -0.282 e. The van der Waals surface area contributed by atoms with Crippen LogP contribution in [0.1, 0.15) is 24.2 Å². The number of aliphatic imine (C=N–C) groups is 1. The minimum absolute atomic E-state index is 0.983. The number of H-pyrrole nitrogens is 1. The Morgan fingerprint density at radius 1 is 1.50 bits per heavy atom. The Labute approximate surface area is 71.2 Å². The lowest BCUT2D eigenvalue weighted by atomic mass is 10.1. The molecule has 1 aliphatic rings. The van der Waals surface area contributed by atoms with Crippen LogP contribution in [0.5, 0.6) is 0 Å². The summed E-state index contributed by atoms with van der Waals surface area (Å²) < 4.78 is 0. The van der Waals surface area contributed by atoms with Gasteiger partial charge in [0.1, 0.15) is 5.69 Å². The van der Waals surface area contributed by atoms with Gasteiger partial charge in [-0.05, 0) is 25.8 Å². The van der Waals surface area contributed by atoms with E-state index < -0.39 is 0 Å². The van der Waals surface area contributed by atoms with Crippen LogP contribution >= 0.6 is 0 Å².